The third-order valence-electron chi connectivity index (χ3n) is 4.22. The summed E-state index contributed by atoms with van der Waals surface area (Å²) < 4.78 is 7.53. The molecule has 9 heteroatoms. The zero-order chi connectivity index (χ0) is 23.1. The normalized spacial score (nSPS) is 11.0. The van der Waals surface area contributed by atoms with Crippen LogP contribution in [0.5, 0.6) is 5.75 Å². The monoisotopic (exact) mass is 576 g/mol. The molecule has 1 heterocycles. The number of rotatable bonds is 8. The van der Waals surface area contributed by atoms with Crippen LogP contribution in [0.4, 0.5) is 0 Å². The number of aryl methyl sites for hydroxylation is 3. The predicted molar refractivity (Wildman–Crippen MR) is 135 cm³/mol. The Hall–Kier alpha value is -2.23. The molecule has 1 N–H and O–H groups in total. The maximum atomic E-state index is 12.1. The van der Waals surface area contributed by atoms with E-state index in [-0.39, 0.29) is 11.7 Å². The highest BCUT2D eigenvalue weighted by molar-refractivity contribution is 9.11. The fourth-order valence-corrected chi connectivity index (χ4v) is 4.92. The number of carbonyl (C=O) groups is 1. The fraction of sp³-hybridized carbons (Fsp3) is 0.217. The molecule has 0 saturated heterocycles. The highest BCUT2D eigenvalue weighted by atomic mass is 79.9. The molecule has 3 aromatic rings. The number of aromatic nitrogens is 2. The molecule has 0 radical (unpaired) electrons. The van der Waals surface area contributed by atoms with Gasteiger partial charge in [0, 0.05) is 11.4 Å². The molecular weight excluding hydrogens is 556 g/mol. The van der Waals surface area contributed by atoms with Gasteiger partial charge >= 0.3 is 0 Å². The van der Waals surface area contributed by atoms with E-state index in [1.54, 1.807) is 6.21 Å². The summed E-state index contributed by atoms with van der Waals surface area (Å²) in [4.78, 5) is 20.7. The van der Waals surface area contributed by atoms with Gasteiger partial charge in [0.2, 0.25) is 0 Å². The standard InChI is InChI=1S/C23H22Br2N4O2S/c1-14-4-6-17(7-5-14)12-31-22-19(24)9-18(10-20(22)25)11-26-29-21(30)13-32-23-27-15(2)8-16(3)28-23/h4-11H,12-13H2,1-3H3,(H,29,30)/b26-11-. The van der Waals surface area contributed by atoms with Crippen LogP contribution in [0.2, 0.25) is 0 Å². The number of ether oxygens (including phenoxy) is 1. The van der Waals surface area contributed by atoms with E-state index in [9.17, 15) is 4.79 Å². The quantitative estimate of drug-likeness (QED) is 0.160. The summed E-state index contributed by atoms with van der Waals surface area (Å²) in [6.07, 6.45) is 1.58. The Balaban J connectivity index is 1.53. The van der Waals surface area contributed by atoms with Crippen LogP contribution in [0, 0.1) is 20.8 Å². The Morgan fingerprint density at radius 1 is 1.06 bits per heavy atom. The summed E-state index contributed by atoms with van der Waals surface area (Å²) in [7, 11) is 0. The van der Waals surface area contributed by atoms with E-state index >= 15 is 0 Å². The van der Waals surface area contributed by atoms with Crippen molar-refractivity contribution in [3.8, 4) is 5.75 Å². The Labute approximate surface area is 208 Å². The molecule has 0 unspecified atom stereocenters. The molecule has 0 spiro atoms. The van der Waals surface area contributed by atoms with E-state index in [4.69, 9.17) is 4.74 Å². The van der Waals surface area contributed by atoms with Gasteiger partial charge in [0.1, 0.15) is 12.4 Å². The van der Waals surface area contributed by atoms with Crippen molar-refractivity contribution in [3.63, 3.8) is 0 Å². The maximum absolute atomic E-state index is 12.1. The van der Waals surface area contributed by atoms with E-state index < -0.39 is 0 Å². The van der Waals surface area contributed by atoms with E-state index in [1.807, 2.05) is 44.2 Å². The van der Waals surface area contributed by atoms with Crippen LogP contribution < -0.4 is 10.2 Å². The highest BCUT2D eigenvalue weighted by Crippen LogP contribution is 2.35. The van der Waals surface area contributed by atoms with Gasteiger partial charge in [-0.05, 0) is 82.0 Å². The molecule has 0 atom stereocenters. The first-order chi connectivity index (χ1) is 15.3. The van der Waals surface area contributed by atoms with Crippen molar-refractivity contribution in [3.05, 3.63) is 79.5 Å². The molecule has 6 nitrogen and oxygen atoms in total. The van der Waals surface area contributed by atoms with Crippen molar-refractivity contribution in [2.24, 2.45) is 5.10 Å². The molecule has 3 rings (SSSR count). The molecule has 0 saturated carbocycles. The van der Waals surface area contributed by atoms with Gasteiger partial charge in [0.25, 0.3) is 5.91 Å². The lowest BCUT2D eigenvalue weighted by Crippen LogP contribution is -2.19. The molecule has 1 aromatic heterocycles. The average molecular weight is 578 g/mol. The van der Waals surface area contributed by atoms with Crippen molar-refractivity contribution >= 4 is 55.7 Å². The van der Waals surface area contributed by atoms with Gasteiger partial charge in [0.05, 0.1) is 20.9 Å². The van der Waals surface area contributed by atoms with Crippen LogP contribution >= 0.6 is 43.6 Å². The number of hydrogen-bond acceptors (Lipinski definition) is 6. The Morgan fingerprint density at radius 2 is 1.69 bits per heavy atom. The van der Waals surface area contributed by atoms with Gasteiger partial charge in [-0.15, -0.1) is 0 Å². The lowest BCUT2D eigenvalue weighted by molar-refractivity contribution is -0.118. The second-order valence-corrected chi connectivity index (χ2v) is 9.75. The summed E-state index contributed by atoms with van der Waals surface area (Å²) in [5, 5.41) is 4.62. The minimum Gasteiger partial charge on any atom is -0.487 e. The molecule has 0 aliphatic rings. The highest BCUT2D eigenvalue weighted by Gasteiger charge is 2.10. The maximum Gasteiger partial charge on any atom is 0.250 e. The van der Waals surface area contributed by atoms with E-state index in [2.05, 4.69) is 71.4 Å². The summed E-state index contributed by atoms with van der Waals surface area (Å²) in [5.74, 6) is 0.654. The predicted octanol–water partition coefficient (Wildman–Crippen LogP) is 5.75. The molecule has 0 aliphatic heterocycles. The molecule has 0 fully saturated rings. The van der Waals surface area contributed by atoms with Gasteiger partial charge in [-0.1, -0.05) is 41.6 Å². The Kier molecular flexibility index (Phi) is 8.84. The van der Waals surface area contributed by atoms with Crippen LogP contribution in [0.15, 0.2) is 61.7 Å². The Bertz CT molecular complexity index is 1090. The number of amides is 1. The molecule has 2 aromatic carbocycles. The first kappa shape index (κ1) is 24.4. The van der Waals surface area contributed by atoms with Crippen LogP contribution in [0.3, 0.4) is 0 Å². The fourth-order valence-electron chi connectivity index (χ4n) is 2.73. The van der Waals surface area contributed by atoms with Gasteiger partial charge in [-0.2, -0.15) is 5.10 Å². The molecule has 1 amide bonds. The molecule has 0 bridgehead atoms. The van der Waals surface area contributed by atoms with Gasteiger partial charge in [-0.25, -0.2) is 15.4 Å². The van der Waals surface area contributed by atoms with Crippen LogP contribution in [-0.4, -0.2) is 27.8 Å². The van der Waals surface area contributed by atoms with Crippen molar-refractivity contribution in [1.29, 1.82) is 0 Å². The van der Waals surface area contributed by atoms with Crippen LogP contribution in [0.1, 0.15) is 28.1 Å². The number of nitrogens with zero attached hydrogens (tertiary/aromatic N) is 3. The third-order valence-corrected chi connectivity index (χ3v) is 6.25. The second-order valence-electron chi connectivity index (χ2n) is 7.10. The SMILES string of the molecule is Cc1ccc(COc2c(Br)cc(/C=N\NC(=O)CSc3nc(C)cc(C)n3)cc2Br)cc1. The van der Waals surface area contributed by atoms with Crippen LogP contribution in [-0.2, 0) is 11.4 Å². The topological polar surface area (TPSA) is 76.5 Å². The average Bonchev–Trinajstić information content (AvgIpc) is 2.72. The number of hydrogen-bond donors (Lipinski definition) is 1. The lowest BCUT2D eigenvalue weighted by Gasteiger charge is -2.11. The zero-order valence-electron chi connectivity index (χ0n) is 17.9. The van der Waals surface area contributed by atoms with Gasteiger partial charge in [-0.3, -0.25) is 4.79 Å². The van der Waals surface area contributed by atoms with E-state index in [0.29, 0.717) is 17.5 Å². The minimum atomic E-state index is -0.231. The number of nitrogens with one attached hydrogen (secondary N) is 1. The number of hydrazone groups is 1. The molecular formula is C23H22Br2N4O2S. The van der Waals surface area contributed by atoms with E-state index in [1.165, 1.54) is 17.3 Å². The zero-order valence-corrected chi connectivity index (χ0v) is 21.8. The largest absolute Gasteiger partial charge is 0.487 e. The lowest BCUT2D eigenvalue weighted by atomic mass is 10.2. The first-order valence-electron chi connectivity index (χ1n) is 9.74. The van der Waals surface area contributed by atoms with Crippen LogP contribution in [0.25, 0.3) is 0 Å². The molecule has 166 valence electrons. The smallest absolute Gasteiger partial charge is 0.250 e. The first-order valence-corrected chi connectivity index (χ1v) is 12.3. The second kappa shape index (κ2) is 11.6. The number of halogens is 2. The van der Waals surface area contributed by atoms with Crippen molar-refractivity contribution < 1.29 is 9.53 Å². The molecule has 32 heavy (non-hydrogen) atoms. The minimum absolute atomic E-state index is 0.180. The van der Waals surface area contributed by atoms with Crippen molar-refractivity contribution in [2.45, 2.75) is 32.5 Å². The number of benzene rings is 2. The Morgan fingerprint density at radius 3 is 2.31 bits per heavy atom. The summed E-state index contributed by atoms with van der Waals surface area (Å²) in [6.45, 7) is 6.32. The molecule has 0 aliphatic carbocycles. The van der Waals surface area contributed by atoms with Crippen molar-refractivity contribution in [2.75, 3.05) is 5.75 Å². The number of thioether (sulfide) groups is 1. The summed E-state index contributed by atoms with van der Waals surface area (Å²) in [6, 6.07) is 13.9. The van der Waals surface area contributed by atoms with Gasteiger partial charge in [0.15, 0.2) is 5.16 Å². The summed E-state index contributed by atoms with van der Waals surface area (Å²) >= 11 is 8.36. The van der Waals surface area contributed by atoms with Crippen molar-refractivity contribution in [1.82, 2.24) is 15.4 Å². The van der Waals surface area contributed by atoms with Gasteiger partial charge < -0.3 is 4.74 Å². The summed E-state index contributed by atoms with van der Waals surface area (Å²) in [5.41, 5.74) is 7.38. The van der Waals surface area contributed by atoms with E-state index in [0.717, 1.165) is 31.5 Å². The number of carbonyl (C=O) groups excluding carboxylic acids is 1. The third kappa shape index (κ3) is 7.43.